The van der Waals surface area contributed by atoms with E-state index in [0.717, 1.165) is 0 Å². The number of phenols is 1. The number of hydrogen-bond acceptors (Lipinski definition) is 6. The zero-order valence-corrected chi connectivity index (χ0v) is 16.3. The van der Waals surface area contributed by atoms with Gasteiger partial charge < -0.3 is 14.9 Å². The van der Waals surface area contributed by atoms with Gasteiger partial charge in [-0.1, -0.05) is 18.2 Å². The standard InChI is InChI=1S/C21H18N2O5S/c1-3-9-23-19(25)18(11-13-7-8-16(24)17(10-13)28-2)29-21(23)22-15-6-4-5-14(12-15)20(26)27/h3-8,10-12,24H,1,9H2,2H3,(H,26,27)/b18-11-,22-21?. The number of benzene rings is 2. The molecule has 8 heteroatoms. The van der Waals surface area contributed by atoms with Crippen LogP contribution in [0.25, 0.3) is 6.08 Å². The lowest BCUT2D eigenvalue weighted by molar-refractivity contribution is -0.121. The topological polar surface area (TPSA) is 99.4 Å². The lowest BCUT2D eigenvalue weighted by Gasteiger charge is -2.12. The summed E-state index contributed by atoms with van der Waals surface area (Å²) in [4.78, 5) is 30.4. The Morgan fingerprint density at radius 3 is 2.79 bits per heavy atom. The van der Waals surface area contributed by atoms with Crippen molar-refractivity contribution in [2.75, 3.05) is 13.7 Å². The van der Waals surface area contributed by atoms with Crippen molar-refractivity contribution in [2.24, 2.45) is 4.99 Å². The summed E-state index contributed by atoms with van der Waals surface area (Å²) < 4.78 is 5.10. The van der Waals surface area contributed by atoms with Crippen LogP contribution in [0.5, 0.6) is 11.5 Å². The fourth-order valence-electron chi connectivity index (χ4n) is 2.64. The number of rotatable bonds is 6. The quantitative estimate of drug-likeness (QED) is 0.554. The van der Waals surface area contributed by atoms with Gasteiger partial charge in [0.25, 0.3) is 5.91 Å². The van der Waals surface area contributed by atoms with Crippen LogP contribution in [0.3, 0.4) is 0 Å². The molecule has 1 aliphatic rings. The van der Waals surface area contributed by atoms with E-state index in [2.05, 4.69) is 11.6 Å². The van der Waals surface area contributed by atoms with Gasteiger partial charge in [0, 0.05) is 6.54 Å². The predicted molar refractivity (Wildman–Crippen MR) is 113 cm³/mol. The molecule has 0 atom stereocenters. The fourth-order valence-corrected chi connectivity index (χ4v) is 3.64. The first-order chi connectivity index (χ1) is 13.9. The number of amidine groups is 1. The summed E-state index contributed by atoms with van der Waals surface area (Å²) in [5.41, 5.74) is 1.23. The van der Waals surface area contributed by atoms with Crippen molar-refractivity contribution >= 4 is 40.6 Å². The number of carboxylic acid groups (broad SMARTS) is 1. The Kier molecular flexibility index (Phi) is 6.04. The molecule has 29 heavy (non-hydrogen) atoms. The van der Waals surface area contributed by atoms with Crippen LogP contribution in [0.2, 0.25) is 0 Å². The summed E-state index contributed by atoms with van der Waals surface area (Å²) in [6, 6.07) is 11.0. The first-order valence-electron chi connectivity index (χ1n) is 8.54. The Hall–Kier alpha value is -3.52. The number of carbonyl (C=O) groups is 2. The third-order valence-corrected chi connectivity index (χ3v) is 5.03. The van der Waals surface area contributed by atoms with Crippen LogP contribution < -0.4 is 4.74 Å². The highest BCUT2D eigenvalue weighted by atomic mass is 32.2. The van der Waals surface area contributed by atoms with Crippen LogP contribution in [0.1, 0.15) is 15.9 Å². The van der Waals surface area contributed by atoms with Gasteiger partial charge in [0.15, 0.2) is 16.7 Å². The average molecular weight is 410 g/mol. The Morgan fingerprint density at radius 2 is 2.10 bits per heavy atom. The van der Waals surface area contributed by atoms with E-state index in [9.17, 15) is 14.7 Å². The summed E-state index contributed by atoms with van der Waals surface area (Å²) in [6.45, 7) is 3.94. The second-order valence-corrected chi connectivity index (χ2v) is 7.01. The van der Waals surface area contributed by atoms with Crippen LogP contribution in [-0.2, 0) is 4.79 Å². The molecule has 148 valence electrons. The number of aromatic hydroxyl groups is 1. The van der Waals surface area contributed by atoms with E-state index in [4.69, 9.17) is 9.84 Å². The van der Waals surface area contributed by atoms with Crippen molar-refractivity contribution in [3.8, 4) is 11.5 Å². The molecule has 0 aromatic heterocycles. The maximum absolute atomic E-state index is 12.8. The predicted octanol–water partition coefficient (Wildman–Crippen LogP) is 3.89. The Labute approximate surface area is 171 Å². The van der Waals surface area contributed by atoms with E-state index >= 15 is 0 Å². The molecule has 0 unspecified atom stereocenters. The average Bonchev–Trinajstić information content (AvgIpc) is 2.98. The van der Waals surface area contributed by atoms with Gasteiger partial charge in [-0.05, 0) is 53.7 Å². The fraction of sp³-hybridized carbons (Fsp3) is 0.0952. The molecule has 0 radical (unpaired) electrons. The number of ether oxygens (including phenoxy) is 1. The van der Waals surface area contributed by atoms with Crippen molar-refractivity contribution < 1.29 is 24.5 Å². The number of aromatic carboxylic acids is 1. The van der Waals surface area contributed by atoms with E-state index in [1.54, 1.807) is 36.4 Å². The summed E-state index contributed by atoms with van der Waals surface area (Å²) in [5, 5.41) is 19.3. The normalized spacial score (nSPS) is 16.4. The van der Waals surface area contributed by atoms with Gasteiger partial charge >= 0.3 is 5.97 Å². The van der Waals surface area contributed by atoms with Gasteiger partial charge in [0.05, 0.1) is 23.3 Å². The molecule has 2 N–H and O–H groups in total. The van der Waals surface area contributed by atoms with Crippen LogP contribution in [0.4, 0.5) is 5.69 Å². The third-order valence-electron chi connectivity index (χ3n) is 4.02. The van der Waals surface area contributed by atoms with Gasteiger partial charge in [-0.15, -0.1) is 6.58 Å². The van der Waals surface area contributed by atoms with E-state index in [1.807, 2.05) is 0 Å². The highest BCUT2D eigenvalue weighted by molar-refractivity contribution is 8.18. The van der Waals surface area contributed by atoms with Crippen molar-refractivity contribution in [3.63, 3.8) is 0 Å². The van der Waals surface area contributed by atoms with E-state index in [1.165, 1.54) is 42.0 Å². The zero-order valence-electron chi connectivity index (χ0n) is 15.5. The lowest BCUT2D eigenvalue weighted by atomic mass is 10.2. The molecule has 1 aliphatic heterocycles. The molecular formula is C21H18N2O5S. The van der Waals surface area contributed by atoms with Crippen molar-refractivity contribution in [1.29, 1.82) is 0 Å². The number of carboxylic acids is 1. The molecule has 1 saturated heterocycles. The molecule has 0 saturated carbocycles. The number of nitrogens with zero attached hydrogens (tertiary/aromatic N) is 2. The Morgan fingerprint density at radius 1 is 1.31 bits per heavy atom. The van der Waals surface area contributed by atoms with Gasteiger partial charge in [-0.2, -0.15) is 0 Å². The first-order valence-corrected chi connectivity index (χ1v) is 9.36. The molecule has 2 aromatic rings. The molecule has 1 fully saturated rings. The minimum absolute atomic E-state index is 0.00824. The Bertz CT molecular complexity index is 1050. The van der Waals surface area contributed by atoms with Crippen LogP contribution in [0, 0.1) is 0 Å². The largest absolute Gasteiger partial charge is 0.504 e. The van der Waals surface area contributed by atoms with Gasteiger partial charge in [0.2, 0.25) is 0 Å². The number of carbonyl (C=O) groups excluding carboxylic acids is 1. The number of aliphatic imine (C=N–C) groups is 1. The van der Waals surface area contributed by atoms with Gasteiger partial charge in [0.1, 0.15) is 0 Å². The third kappa shape index (κ3) is 4.49. The van der Waals surface area contributed by atoms with Gasteiger partial charge in [-0.25, -0.2) is 9.79 Å². The summed E-state index contributed by atoms with van der Waals surface area (Å²) in [7, 11) is 1.45. The monoisotopic (exact) mass is 410 g/mol. The molecular weight excluding hydrogens is 392 g/mol. The van der Waals surface area contributed by atoms with Gasteiger partial charge in [-0.3, -0.25) is 9.69 Å². The van der Waals surface area contributed by atoms with E-state index < -0.39 is 5.97 Å². The molecule has 2 aromatic carbocycles. The number of methoxy groups -OCH3 is 1. The maximum atomic E-state index is 12.8. The SMILES string of the molecule is C=CCN1C(=O)/C(=C/c2ccc(O)c(OC)c2)SC1=Nc1cccc(C(=O)O)c1. The zero-order chi connectivity index (χ0) is 21.0. The molecule has 1 amide bonds. The minimum Gasteiger partial charge on any atom is -0.504 e. The number of amides is 1. The first kappa shape index (κ1) is 20.2. The molecule has 0 aliphatic carbocycles. The second-order valence-electron chi connectivity index (χ2n) is 6.00. The molecule has 7 nitrogen and oxygen atoms in total. The molecule has 1 heterocycles. The molecule has 0 bridgehead atoms. The highest BCUT2D eigenvalue weighted by Crippen LogP contribution is 2.35. The van der Waals surface area contributed by atoms with E-state index in [-0.39, 0.29) is 23.8 Å². The second kappa shape index (κ2) is 8.66. The molecule has 0 spiro atoms. The summed E-state index contributed by atoms with van der Waals surface area (Å²) in [5.74, 6) is -0.979. The smallest absolute Gasteiger partial charge is 0.335 e. The number of hydrogen-bond donors (Lipinski definition) is 2. The summed E-state index contributed by atoms with van der Waals surface area (Å²) >= 11 is 1.18. The van der Waals surface area contributed by atoms with Crippen LogP contribution in [-0.4, -0.2) is 45.8 Å². The molecule has 3 rings (SSSR count). The highest BCUT2D eigenvalue weighted by Gasteiger charge is 2.32. The van der Waals surface area contributed by atoms with Crippen molar-refractivity contribution in [2.45, 2.75) is 0 Å². The number of phenolic OH excluding ortho intramolecular Hbond substituents is 1. The maximum Gasteiger partial charge on any atom is 0.335 e. The Balaban J connectivity index is 1.97. The number of thioether (sulfide) groups is 1. The van der Waals surface area contributed by atoms with Crippen molar-refractivity contribution in [3.05, 3.63) is 71.2 Å². The van der Waals surface area contributed by atoms with Crippen LogP contribution >= 0.6 is 11.8 Å². The lowest BCUT2D eigenvalue weighted by Crippen LogP contribution is -2.29. The minimum atomic E-state index is -1.05. The van der Waals surface area contributed by atoms with E-state index in [0.29, 0.717) is 27.1 Å². The van der Waals surface area contributed by atoms with Crippen molar-refractivity contribution in [1.82, 2.24) is 4.90 Å². The summed E-state index contributed by atoms with van der Waals surface area (Å²) in [6.07, 6.45) is 3.27. The van der Waals surface area contributed by atoms with Crippen LogP contribution in [0.15, 0.2) is 65.0 Å².